The quantitative estimate of drug-likeness (QED) is 0.797. The van der Waals surface area contributed by atoms with Crippen LogP contribution in [0.4, 0.5) is 0 Å². The summed E-state index contributed by atoms with van der Waals surface area (Å²) in [6.07, 6.45) is 2.01. The van der Waals surface area contributed by atoms with E-state index in [4.69, 9.17) is 12.2 Å². The van der Waals surface area contributed by atoms with E-state index in [2.05, 4.69) is 58.4 Å². The first-order chi connectivity index (χ1) is 8.38. The lowest BCUT2D eigenvalue weighted by molar-refractivity contribution is 0.529. The summed E-state index contributed by atoms with van der Waals surface area (Å²) in [4.78, 5) is 3.14. The number of nitrogens with one attached hydrogen (secondary N) is 1. The number of benzene rings is 1. The first-order valence-corrected chi connectivity index (χ1v) is 7.11. The highest BCUT2D eigenvalue weighted by molar-refractivity contribution is 9.10. The highest BCUT2D eigenvalue weighted by atomic mass is 79.9. The molecule has 0 aliphatic heterocycles. The van der Waals surface area contributed by atoms with E-state index < -0.39 is 0 Å². The van der Waals surface area contributed by atoms with Crippen molar-refractivity contribution in [2.45, 2.75) is 32.7 Å². The minimum absolute atomic E-state index is 0.0829. The van der Waals surface area contributed by atoms with Crippen molar-refractivity contribution in [1.29, 1.82) is 0 Å². The number of H-pyrrole nitrogens is 1. The van der Waals surface area contributed by atoms with Gasteiger partial charge in [-0.15, -0.1) is 0 Å². The molecule has 0 spiro atoms. The number of hydrogen-bond donors (Lipinski definition) is 1. The molecule has 4 heteroatoms. The fraction of sp³-hybridized carbons (Fsp3) is 0.357. The number of hydrogen-bond acceptors (Lipinski definition) is 1. The Morgan fingerprint density at radius 3 is 2.67 bits per heavy atom. The molecule has 0 unspecified atom stereocenters. The average Bonchev–Trinajstić information content (AvgIpc) is 2.60. The second-order valence-electron chi connectivity index (χ2n) is 5.45. The lowest BCUT2D eigenvalue weighted by atomic mass is 9.92. The first kappa shape index (κ1) is 13.6. The Kier molecular flexibility index (Phi) is 3.78. The van der Waals surface area contributed by atoms with Gasteiger partial charge in [0.1, 0.15) is 0 Å². The largest absolute Gasteiger partial charge is 0.337 e. The van der Waals surface area contributed by atoms with Gasteiger partial charge in [0.2, 0.25) is 0 Å². The summed E-state index contributed by atoms with van der Waals surface area (Å²) in [6, 6.07) is 8.32. The summed E-state index contributed by atoms with van der Waals surface area (Å²) in [7, 11) is 0. The van der Waals surface area contributed by atoms with Crippen LogP contribution in [0.1, 0.15) is 32.0 Å². The smallest absolute Gasteiger partial charge is 0.177 e. The zero-order chi connectivity index (χ0) is 13.3. The summed E-state index contributed by atoms with van der Waals surface area (Å²) < 4.78 is 4.04. The van der Waals surface area contributed by atoms with Crippen molar-refractivity contribution in [3.8, 4) is 0 Å². The lowest BCUT2D eigenvalue weighted by Gasteiger charge is -2.20. The van der Waals surface area contributed by atoms with Crippen LogP contribution in [0.2, 0.25) is 0 Å². The standard InChI is InChI=1S/C14H17BrN2S/c1-14(2,3)12-8-16-13(18)17(12)9-10-5-4-6-11(15)7-10/h4-8H,9H2,1-3H3,(H,16,18). The van der Waals surface area contributed by atoms with Gasteiger partial charge in [0.15, 0.2) is 4.77 Å². The number of halogens is 1. The first-order valence-electron chi connectivity index (χ1n) is 5.91. The van der Waals surface area contributed by atoms with Crippen LogP contribution in [0.3, 0.4) is 0 Å². The topological polar surface area (TPSA) is 20.7 Å². The Morgan fingerprint density at radius 2 is 2.06 bits per heavy atom. The lowest BCUT2D eigenvalue weighted by Crippen LogP contribution is -2.18. The molecule has 2 rings (SSSR count). The number of aromatic nitrogens is 2. The molecule has 0 saturated heterocycles. The van der Waals surface area contributed by atoms with Gasteiger partial charge in [0.05, 0.1) is 6.54 Å². The van der Waals surface area contributed by atoms with Crippen molar-refractivity contribution >= 4 is 28.1 Å². The van der Waals surface area contributed by atoms with E-state index in [9.17, 15) is 0 Å². The van der Waals surface area contributed by atoms with Crippen LogP contribution in [0, 0.1) is 4.77 Å². The van der Waals surface area contributed by atoms with Gasteiger partial charge in [0, 0.05) is 21.8 Å². The summed E-state index contributed by atoms with van der Waals surface area (Å²) in [6.45, 7) is 7.39. The van der Waals surface area contributed by atoms with Crippen LogP contribution in [0.15, 0.2) is 34.9 Å². The minimum Gasteiger partial charge on any atom is -0.337 e. The van der Waals surface area contributed by atoms with Crippen molar-refractivity contribution in [2.75, 3.05) is 0 Å². The molecule has 2 aromatic rings. The van der Waals surface area contributed by atoms with Crippen molar-refractivity contribution < 1.29 is 0 Å². The summed E-state index contributed by atoms with van der Waals surface area (Å²) in [5.74, 6) is 0. The molecule has 1 N–H and O–H groups in total. The SMILES string of the molecule is CC(C)(C)c1c[nH]c(=S)n1Cc1cccc(Br)c1. The van der Waals surface area contributed by atoms with E-state index in [0.29, 0.717) is 0 Å². The van der Waals surface area contributed by atoms with Crippen LogP contribution < -0.4 is 0 Å². The molecule has 1 aromatic heterocycles. The predicted octanol–water partition coefficient (Wildman–Crippen LogP) is 4.65. The average molecular weight is 325 g/mol. The zero-order valence-corrected chi connectivity index (χ0v) is 13.2. The van der Waals surface area contributed by atoms with E-state index in [1.54, 1.807) is 0 Å². The van der Waals surface area contributed by atoms with Gasteiger partial charge in [-0.2, -0.15) is 0 Å². The van der Waals surface area contributed by atoms with Gasteiger partial charge in [-0.05, 0) is 29.9 Å². The van der Waals surface area contributed by atoms with Gasteiger partial charge < -0.3 is 9.55 Å². The molecule has 18 heavy (non-hydrogen) atoms. The van der Waals surface area contributed by atoms with Crippen LogP contribution in [-0.2, 0) is 12.0 Å². The Hall–Kier alpha value is -0.870. The van der Waals surface area contributed by atoms with Gasteiger partial charge in [-0.1, -0.05) is 48.8 Å². The van der Waals surface area contributed by atoms with Crippen molar-refractivity contribution in [1.82, 2.24) is 9.55 Å². The second kappa shape index (κ2) is 5.02. The van der Waals surface area contributed by atoms with Crippen LogP contribution in [-0.4, -0.2) is 9.55 Å². The van der Waals surface area contributed by atoms with E-state index in [1.165, 1.54) is 11.3 Å². The molecule has 1 aromatic carbocycles. The van der Waals surface area contributed by atoms with E-state index in [-0.39, 0.29) is 5.41 Å². The molecule has 0 atom stereocenters. The number of aromatic amines is 1. The molecule has 0 fully saturated rings. The third-order valence-corrected chi connectivity index (χ3v) is 3.70. The maximum absolute atomic E-state index is 5.37. The van der Waals surface area contributed by atoms with Crippen LogP contribution in [0.5, 0.6) is 0 Å². The highest BCUT2D eigenvalue weighted by Crippen LogP contribution is 2.23. The molecule has 2 nitrogen and oxygen atoms in total. The van der Waals surface area contributed by atoms with E-state index in [1.807, 2.05) is 18.3 Å². The normalized spacial score (nSPS) is 11.8. The van der Waals surface area contributed by atoms with Crippen molar-refractivity contribution in [3.63, 3.8) is 0 Å². The Labute approximate surface area is 121 Å². The van der Waals surface area contributed by atoms with Crippen LogP contribution in [0.25, 0.3) is 0 Å². The van der Waals surface area contributed by atoms with E-state index >= 15 is 0 Å². The highest BCUT2D eigenvalue weighted by Gasteiger charge is 2.19. The molecule has 0 radical (unpaired) electrons. The monoisotopic (exact) mass is 324 g/mol. The minimum atomic E-state index is 0.0829. The Balaban J connectivity index is 2.41. The molecule has 0 amide bonds. The van der Waals surface area contributed by atoms with Gasteiger partial charge in [-0.3, -0.25) is 0 Å². The number of rotatable bonds is 2. The van der Waals surface area contributed by atoms with Gasteiger partial charge in [0.25, 0.3) is 0 Å². The molecule has 0 bridgehead atoms. The summed E-state index contributed by atoms with van der Waals surface area (Å²) >= 11 is 8.87. The molecule has 0 saturated carbocycles. The molecular formula is C14H17BrN2S. The summed E-state index contributed by atoms with van der Waals surface area (Å²) in [5, 5.41) is 0. The molecular weight excluding hydrogens is 308 g/mol. The molecule has 96 valence electrons. The zero-order valence-electron chi connectivity index (χ0n) is 10.8. The Bertz CT molecular complexity index is 605. The van der Waals surface area contributed by atoms with Crippen molar-refractivity contribution in [2.24, 2.45) is 0 Å². The maximum atomic E-state index is 5.37. The van der Waals surface area contributed by atoms with Gasteiger partial charge in [-0.25, -0.2) is 0 Å². The third-order valence-electron chi connectivity index (χ3n) is 2.87. The molecule has 1 heterocycles. The summed E-state index contributed by atoms with van der Waals surface area (Å²) in [5.41, 5.74) is 2.55. The number of imidazole rings is 1. The fourth-order valence-electron chi connectivity index (χ4n) is 1.99. The van der Waals surface area contributed by atoms with Crippen molar-refractivity contribution in [3.05, 3.63) is 51.0 Å². The predicted molar refractivity (Wildman–Crippen MR) is 81.6 cm³/mol. The Morgan fingerprint density at radius 1 is 1.33 bits per heavy atom. The van der Waals surface area contributed by atoms with Crippen LogP contribution >= 0.6 is 28.1 Å². The second-order valence-corrected chi connectivity index (χ2v) is 6.75. The fourth-order valence-corrected chi connectivity index (χ4v) is 2.66. The van der Waals surface area contributed by atoms with E-state index in [0.717, 1.165) is 15.8 Å². The number of nitrogens with zero attached hydrogens (tertiary/aromatic N) is 1. The molecule has 0 aliphatic rings. The molecule has 0 aliphatic carbocycles. The third kappa shape index (κ3) is 2.93. The van der Waals surface area contributed by atoms with Gasteiger partial charge >= 0.3 is 0 Å². The maximum Gasteiger partial charge on any atom is 0.177 e.